The summed E-state index contributed by atoms with van der Waals surface area (Å²) in [7, 11) is 0. The first-order valence-electron chi connectivity index (χ1n) is 7.32. The van der Waals surface area contributed by atoms with E-state index in [2.05, 4.69) is 64.6 Å². The molecule has 1 N–H and O–H groups in total. The Labute approximate surface area is 128 Å². The van der Waals surface area contributed by atoms with Gasteiger partial charge in [0, 0.05) is 11.6 Å². The van der Waals surface area contributed by atoms with Crippen LogP contribution in [0.5, 0.6) is 0 Å². The normalized spacial score (nSPS) is 22.7. The average Bonchev–Trinajstić information content (AvgIpc) is 3.16. The fourth-order valence-corrected chi connectivity index (χ4v) is 3.47. The second-order valence-electron chi connectivity index (χ2n) is 5.50. The van der Waals surface area contributed by atoms with E-state index in [9.17, 15) is 0 Å². The first kappa shape index (κ1) is 13.9. The zero-order chi connectivity index (χ0) is 13.9. The van der Waals surface area contributed by atoms with Gasteiger partial charge in [-0.25, -0.2) is 0 Å². The monoisotopic (exact) mass is 333 g/mol. The van der Waals surface area contributed by atoms with E-state index in [1.165, 1.54) is 17.5 Å². The van der Waals surface area contributed by atoms with Crippen LogP contribution in [0, 0.1) is 5.92 Å². The minimum absolute atomic E-state index is 0.383. The van der Waals surface area contributed by atoms with E-state index in [-0.39, 0.29) is 0 Å². The molecule has 0 bridgehead atoms. The SMILES string of the molecule is CCCNC(c1ccoc1Br)C1CC1c1ccccc1. The maximum Gasteiger partial charge on any atom is 0.173 e. The van der Waals surface area contributed by atoms with Crippen LogP contribution in [0.2, 0.25) is 0 Å². The van der Waals surface area contributed by atoms with Crippen LogP contribution in [0.15, 0.2) is 51.7 Å². The van der Waals surface area contributed by atoms with E-state index in [0.29, 0.717) is 17.9 Å². The Kier molecular flexibility index (Phi) is 4.27. The molecule has 0 radical (unpaired) electrons. The van der Waals surface area contributed by atoms with Crippen LogP contribution in [0.4, 0.5) is 0 Å². The average molecular weight is 334 g/mol. The number of rotatable bonds is 6. The summed E-state index contributed by atoms with van der Waals surface area (Å²) in [6, 6.07) is 13.3. The summed E-state index contributed by atoms with van der Waals surface area (Å²) >= 11 is 3.52. The van der Waals surface area contributed by atoms with Gasteiger partial charge in [0.05, 0.1) is 6.26 Å². The third-order valence-electron chi connectivity index (χ3n) is 4.09. The predicted octanol–water partition coefficient (Wildman–Crippen LogP) is 4.89. The first-order chi connectivity index (χ1) is 9.81. The van der Waals surface area contributed by atoms with Gasteiger partial charge in [0.25, 0.3) is 0 Å². The van der Waals surface area contributed by atoms with Crippen LogP contribution in [-0.2, 0) is 0 Å². The lowest BCUT2D eigenvalue weighted by Crippen LogP contribution is -2.24. The van der Waals surface area contributed by atoms with Crippen molar-refractivity contribution < 1.29 is 4.42 Å². The molecule has 1 fully saturated rings. The van der Waals surface area contributed by atoms with Crippen molar-refractivity contribution in [1.29, 1.82) is 0 Å². The smallest absolute Gasteiger partial charge is 0.173 e. The van der Waals surface area contributed by atoms with Gasteiger partial charge in [-0.1, -0.05) is 37.3 Å². The molecule has 3 rings (SSSR count). The van der Waals surface area contributed by atoms with Crippen LogP contribution in [0.25, 0.3) is 0 Å². The molecule has 2 aromatic rings. The highest BCUT2D eigenvalue weighted by molar-refractivity contribution is 9.10. The second-order valence-corrected chi connectivity index (χ2v) is 6.22. The van der Waals surface area contributed by atoms with E-state index in [0.717, 1.165) is 17.6 Å². The number of hydrogen-bond donors (Lipinski definition) is 1. The standard InChI is InChI=1S/C17H20BrNO/c1-2-9-19-16(13-8-10-20-17(13)18)15-11-14(15)12-6-4-3-5-7-12/h3-8,10,14-16,19H,2,9,11H2,1H3. The number of furan rings is 1. The quantitative estimate of drug-likeness (QED) is 0.814. The van der Waals surface area contributed by atoms with Gasteiger partial charge in [0.2, 0.25) is 0 Å². The van der Waals surface area contributed by atoms with Crippen molar-refractivity contribution in [2.24, 2.45) is 5.92 Å². The molecule has 3 unspecified atom stereocenters. The Morgan fingerprint density at radius 3 is 2.75 bits per heavy atom. The molecule has 20 heavy (non-hydrogen) atoms. The Bertz CT molecular complexity index is 551. The Morgan fingerprint density at radius 2 is 2.10 bits per heavy atom. The van der Waals surface area contributed by atoms with Crippen LogP contribution < -0.4 is 5.32 Å². The largest absolute Gasteiger partial charge is 0.457 e. The molecule has 2 nitrogen and oxygen atoms in total. The molecule has 0 aliphatic heterocycles. The fraction of sp³-hybridized carbons (Fsp3) is 0.412. The van der Waals surface area contributed by atoms with E-state index in [1.54, 1.807) is 6.26 Å². The Balaban J connectivity index is 1.77. The highest BCUT2D eigenvalue weighted by Gasteiger charge is 2.44. The molecule has 1 saturated carbocycles. The molecule has 0 saturated heterocycles. The van der Waals surface area contributed by atoms with Crippen LogP contribution in [-0.4, -0.2) is 6.54 Å². The van der Waals surface area contributed by atoms with Gasteiger partial charge >= 0.3 is 0 Å². The topological polar surface area (TPSA) is 25.2 Å². The van der Waals surface area contributed by atoms with Crippen molar-refractivity contribution in [1.82, 2.24) is 5.32 Å². The summed E-state index contributed by atoms with van der Waals surface area (Å²) in [5.74, 6) is 1.34. The molecule has 1 aliphatic carbocycles. The summed E-state index contributed by atoms with van der Waals surface area (Å²) in [5, 5.41) is 3.68. The van der Waals surface area contributed by atoms with E-state index in [4.69, 9.17) is 4.42 Å². The third kappa shape index (κ3) is 2.84. The van der Waals surface area contributed by atoms with Crippen molar-refractivity contribution in [2.75, 3.05) is 6.54 Å². The lowest BCUT2D eigenvalue weighted by Gasteiger charge is -2.18. The van der Waals surface area contributed by atoms with Crippen LogP contribution in [0.3, 0.4) is 0 Å². The lowest BCUT2D eigenvalue weighted by molar-refractivity contribution is 0.457. The van der Waals surface area contributed by atoms with Crippen LogP contribution in [0.1, 0.15) is 42.9 Å². The lowest BCUT2D eigenvalue weighted by atomic mass is 10.0. The van der Waals surface area contributed by atoms with Gasteiger partial charge in [-0.3, -0.25) is 0 Å². The minimum atomic E-state index is 0.383. The van der Waals surface area contributed by atoms with Crippen molar-refractivity contribution in [3.63, 3.8) is 0 Å². The van der Waals surface area contributed by atoms with Gasteiger partial charge in [-0.2, -0.15) is 0 Å². The maximum atomic E-state index is 5.42. The predicted molar refractivity (Wildman–Crippen MR) is 84.7 cm³/mol. The highest BCUT2D eigenvalue weighted by atomic mass is 79.9. The summed E-state index contributed by atoms with van der Waals surface area (Å²) in [6.07, 6.45) is 4.16. The molecule has 0 amide bonds. The molecule has 3 atom stereocenters. The molecule has 0 spiro atoms. The number of benzene rings is 1. The van der Waals surface area contributed by atoms with E-state index >= 15 is 0 Å². The fourth-order valence-electron chi connectivity index (χ4n) is 2.98. The minimum Gasteiger partial charge on any atom is -0.457 e. The van der Waals surface area contributed by atoms with Gasteiger partial charge in [0.1, 0.15) is 0 Å². The van der Waals surface area contributed by atoms with Crippen molar-refractivity contribution in [2.45, 2.75) is 31.7 Å². The summed E-state index contributed by atoms with van der Waals surface area (Å²) < 4.78 is 6.29. The van der Waals surface area contributed by atoms with E-state index < -0.39 is 0 Å². The van der Waals surface area contributed by atoms with Gasteiger partial charge in [-0.15, -0.1) is 0 Å². The Morgan fingerprint density at radius 1 is 1.30 bits per heavy atom. The summed E-state index contributed by atoms with van der Waals surface area (Å²) in [4.78, 5) is 0. The molecule has 3 heteroatoms. The van der Waals surface area contributed by atoms with Gasteiger partial charge in [-0.05, 0) is 58.8 Å². The molecule has 1 aliphatic rings. The summed E-state index contributed by atoms with van der Waals surface area (Å²) in [5.41, 5.74) is 2.71. The van der Waals surface area contributed by atoms with E-state index in [1.807, 2.05) is 0 Å². The highest BCUT2D eigenvalue weighted by Crippen LogP contribution is 2.54. The zero-order valence-electron chi connectivity index (χ0n) is 11.7. The van der Waals surface area contributed by atoms with Gasteiger partial charge < -0.3 is 9.73 Å². The number of nitrogens with one attached hydrogen (secondary N) is 1. The molecule has 1 heterocycles. The molecule has 1 aromatic carbocycles. The zero-order valence-corrected chi connectivity index (χ0v) is 13.3. The number of halogens is 1. The molecule has 1 aromatic heterocycles. The van der Waals surface area contributed by atoms with Crippen molar-refractivity contribution in [3.8, 4) is 0 Å². The van der Waals surface area contributed by atoms with Gasteiger partial charge in [0.15, 0.2) is 4.67 Å². The second kappa shape index (κ2) is 6.15. The number of hydrogen-bond acceptors (Lipinski definition) is 2. The van der Waals surface area contributed by atoms with Crippen LogP contribution >= 0.6 is 15.9 Å². The Hall–Kier alpha value is -1.06. The summed E-state index contributed by atoms with van der Waals surface area (Å²) in [6.45, 7) is 3.25. The third-order valence-corrected chi connectivity index (χ3v) is 4.74. The molecule has 106 valence electrons. The van der Waals surface area contributed by atoms with Crippen molar-refractivity contribution in [3.05, 3.63) is 58.5 Å². The maximum absolute atomic E-state index is 5.42. The molecular formula is C17H20BrNO. The molecular weight excluding hydrogens is 314 g/mol. The van der Waals surface area contributed by atoms with Crippen molar-refractivity contribution >= 4 is 15.9 Å². The first-order valence-corrected chi connectivity index (χ1v) is 8.11.